The zero-order chi connectivity index (χ0) is 10.9. The highest BCUT2D eigenvalue weighted by molar-refractivity contribution is 7.09. The van der Waals surface area contributed by atoms with Gasteiger partial charge in [-0.3, -0.25) is 0 Å². The van der Waals surface area contributed by atoms with Gasteiger partial charge in [-0.15, -0.1) is 0 Å². The van der Waals surface area contributed by atoms with Crippen molar-refractivity contribution in [2.24, 2.45) is 0 Å². The second-order valence-electron chi connectivity index (χ2n) is 4.47. The minimum absolute atomic E-state index is 0.347. The predicted octanol–water partition coefficient (Wildman–Crippen LogP) is 1.74. The first-order valence-corrected chi connectivity index (χ1v) is 6.11. The fourth-order valence-electron chi connectivity index (χ4n) is 1.98. The monoisotopic (exact) mass is 226 g/mol. The van der Waals surface area contributed by atoms with Gasteiger partial charge in [0.15, 0.2) is 0 Å². The van der Waals surface area contributed by atoms with Crippen molar-refractivity contribution in [1.29, 1.82) is 0 Å². The van der Waals surface area contributed by atoms with E-state index in [1.54, 1.807) is 0 Å². The first-order chi connectivity index (χ1) is 7.12. The fourth-order valence-corrected chi connectivity index (χ4v) is 2.55. The van der Waals surface area contributed by atoms with E-state index in [0.29, 0.717) is 5.54 Å². The normalized spacial score (nSPS) is 18.9. The van der Waals surface area contributed by atoms with E-state index >= 15 is 0 Å². The fraction of sp³-hybridized carbons (Fsp3) is 0.800. The molecule has 0 bridgehead atoms. The van der Waals surface area contributed by atoms with E-state index < -0.39 is 0 Å². The molecule has 15 heavy (non-hydrogen) atoms. The van der Waals surface area contributed by atoms with Gasteiger partial charge in [-0.1, -0.05) is 0 Å². The van der Waals surface area contributed by atoms with E-state index in [2.05, 4.69) is 33.7 Å². The van der Waals surface area contributed by atoms with Crippen molar-refractivity contribution in [2.75, 3.05) is 26.0 Å². The first-order valence-electron chi connectivity index (χ1n) is 5.34. The molecule has 1 N–H and O–H groups in total. The molecule has 0 aromatic carbocycles. The lowest BCUT2D eigenvalue weighted by atomic mass is 9.75. The molecule has 0 radical (unpaired) electrons. The lowest BCUT2D eigenvalue weighted by Crippen LogP contribution is -2.54. The molecule has 1 aromatic heterocycles. The first kappa shape index (κ1) is 10.8. The van der Waals surface area contributed by atoms with Crippen LogP contribution in [0.2, 0.25) is 0 Å². The van der Waals surface area contributed by atoms with Crippen LogP contribution >= 0.6 is 11.5 Å². The quantitative estimate of drug-likeness (QED) is 0.849. The van der Waals surface area contributed by atoms with Gasteiger partial charge in [-0.25, -0.2) is 4.98 Å². The molecule has 2 rings (SSSR count). The number of hydrogen-bond donors (Lipinski definition) is 1. The van der Waals surface area contributed by atoms with Crippen molar-refractivity contribution in [3.05, 3.63) is 5.82 Å². The summed E-state index contributed by atoms with van der Waals surface area (Å²) in [6, 6.07) is 0. The Morgan fingerprint density at radius 2 is 2.20 bits per heavy atom. The van der Waals surface area contributed by atoms with Crippen LogP contribution in [-0.2, 0) is 0 Å². The molecule has 0 atom stereocenters. The van der Waals surface area contributed by atoms with E-state index in [9.17, 15) is 0 Å². The second-order valence-corrected chi connectivity index (χ2v) is 5.22. The van der Waals surface area contributed by atoms with Crippen molar-refractivity contribution in [3.63, 3.8) is 0 Å². The summed E-state index contributed by atoms with van der Waals surface area (Å²) < 4.78 is 4.16. The van der Waals surface area contributed by atoms with E-state index in [4.69, 9.17) is 0 Å². The molecule has 4 nitrogen and oxygen atoms in total. The van der Waals surface area contributed by atoms with Gasteiger partial charge in [0.25, 0.3) is 0 Å². The zero-order valence-electron chi connectivity index (χ0n) is 9.58. The van der Waals surface area contributed by atoms with Gasteiger partial charge in [0.1, 0.15) is 5.82 Å². The second kappa shape index (κ2) is 4.06. The lowest BCUT2D eigenvalue weighted by Gasteiger charge is -2.47. The van der Waals surface area contributed by atoms with Crippen LogP contribution in [0.25, 0.3) is 0 Å². The Hall–Kier alpha value is -0.680. The molecule has 5 heteroatoms. The van der Waals surface area contributed by atoms with Crippen LogP contribution in [0.4, 0.5) is 5.13 Å². The van der Waals surface area contributed by atoms with Gasteiger partial charge < -0.3 is 10.2 Å². The predicted molar refractivity (Wildman–Crippen MR) is 63.4 cm³/mol. The Kier molecular flexibility index (Phi) is 2.93. The molecule has 1 heterocycles. The van der Waals surface area contributed by atoms with Gasteiger partial charge in [-0.2, -0.15) is 4.37 Å². The highest BCUT2D eigenvalue weighted by atomic mass is 32.1. The maximum Gasteiger partial charge on any atom is 0.202 e. The summed E-state index contributed by atoms with van der Waals surface area (Å²) >= 11 is 1.45. The highest BCUT2D eigenvalue weighted by Gasteiger charge is 2.38. The van der Waals surface area contributed by atoms with Crippen molar-refractivity contribution in [3.8, 4) is 0 Å². The SMILES string of the molecule is Cc1nsc(NCC2(N(C)C)CCC2)n1. The number of rotatable bonds is 4. The Labute approximate surface area is 94.9 Å². The maximum absolute atomic E-state index is 4.31. The average molecular weight is 226 g/mol. The van der Waals surface area contributed by atoms with Crippen molar-refractivity contribution in [1.82, 2.24) is 14.3 Å². The molecule has 0 unspecified atom stereocenters. The van der Waals surface area contributed by atoms with Crippen LogP contribution in [0.3, 0.4) is 0 Å². The van der Waals surface area contributed by atoms with Crippen LogP contribution in [0.1, 0.15) is 25.1 Å². The highest BCUT2D eigenvalue weighted by Crippen LogP contribution is 2.36. The van der Waals surface area contributed by atoms with Crippen molar-refractivity contribution in [2.45, 2.75) is 31.7 Å². The molecule has 1 aliphatic carbocycles. The summed E-state index contributed by atoms with van der Waals surface area (Å²) in [6.45, 7) is 2.90. The Bertz CT molecular complexity index is 330. The minimum atomic E-state index is 0.347. The van der Waals surface area contributed by atoms with Crippen LogP contribution in [0.5, 0.6) is 0 Å². The summed E-state index contributed by atoms with van der Waals surface area (Å²) in [5, 5.41) is 4.34. The minimum Gasteiger partial charge on any atom is -0.358 e. The van der Waals surface area contributed by atoms with E-state index in [1.165, 1.54) is 30.8 Å². The largest absolute Gasteiger partial charge is 0.358 e. The Morgan fingerprint density at radius 1 is 1.47 bits per heavy atom. The molecule has 84 valence electrons. The third-order valence-corrected chi connectivity index (χ3v) is 4.09. The topological polar surface area (TPSA) is 41.1 Å². The molecule has 1 aliphatic rings. The van der Waals surface area contributed by atoms with E-state index in [1.807, 2.05) is 6.92 Å². The average Bonchev–Trinajstić information content (AvgIpc) is 2.49. The van der Waals surface area contributed by atoms with E-state index in [-0.39, 0.29) is 0 Å². The van der Waals surface area contributed by atoms with Crippen LogP contribution in [0.15, 0.2) is 0 Å². The van der Waals surface area contributed by atoms with Gasteiger partial charge in [-0.05, 0) is 40.3 Å². The number of aromatic nitrogens is 2. The van der Waals surface area contributed by atoms with Crippen molar-refractivity contribution >= 4 is 16.7 Å². The third kappa shape index (κ3) is 2.13. The molecule has 1 aromatic rings. The van der Waals surface area contributed by atoms with Crippen LogP contribution in [0, 0.1) is 6.92 Å². The van der Waals surface area contributed by atoms with Crippen LogP contribution < -0.4 is 5.32 Å². The summed E-state index contributed by atoms with van der Waals surface area (Å²) in [5.74, 6) is 0.856. The summed E-state index contributed by atoms with van der Waals surface area (Å²) in [7, 11) is 4.32. The molecule has 0 aliphatic heterocycles. The van der Waals surface area contributed by atoms with Crippen LogP contribution in [-0.4, -0.2) is 40.4 Å². The van der Waals surface area contributed by atoms with Gasteiger partial charge in [0, 0.05) is 23.6 Å². The third-order valence-electron chi connectivity index (χ3n) is 3.33. The molecule has 1 fully saturated rings. The lowest BCUT2D eigenvalue weighted by molar-refractivity contribution is 0.0739. The molecule has 0 saturated heterocycles. The number of nitrogens with zero attached hydrogens (tertiary/aromatic N) is 3. The summed E-state index contributed by atoms with van der Waals surface area (Å²) in [5.41, 5.74) is 0.347. The Balaban J connectivity index is 1.92. The number of likely N-dealkylation sites (N-methyl/N-ethyl adjacent to an activating group) is 1. The number of hydrogen-bond acceptors (Lipinski definition) is 5. The number of anilines is 1. The summed E-state index contributed by atoms with van der Waals surface area (Å²) in [6.07, 6.45) is 3.91. The molecule has 0 amide bonds. The smallest absolute Gasteiger partial charge is 0.202 e. The van der Waals surface area contributed by atoms with Gasteiger partial charge >= 0.3 is 0 Å². The van der Waals surface area contributed by atoms with Crippen molar-refractivity contribution < 1.29 is 0 Å². The van der Waals surface area contributed by atoms with Gasteiger partial charge in [0.2, 0.25) is 5.13 Å². The number of nitrogens with one attached hydrogen (secondary N) is 1. The maximum atomic E-state index is 4.31. The van der Waals surface area contributed by atoms with Gasteiger partial charge in [0.05, 0.1) is 0 Å². The summed E-state index contributed by atoms with van der Waals surface area (Å²) in [4.78, 5) is 6.64. The molecular formula is C10H18N4S. The molecule has 1 saturated carbocycles. The van der Waals surface area contributed by atoms with E-state index in [0.717, 1.165) is 17.5 Å². The Morgan fingerprint density at radius 3 is 2.60 bits per heavy atom. The standard InChI is InChI=1S/C10H18N4S/c1-8-12-9(15-13-8)11-7-10(14(2)3)5-4-6-10/h4-7H2,1-3H3,(H,11,12,13). The molecule has 0 spiro atoms. The molecular weight excluding hydrogens is 208 g/mol. The zero-order valence-corrected chi connectivity index (χ0v) is 10.4. The number of aryl methyl sites for hydroxylation is 1.